The summed E-state index contributed by atoms with van der Waals surface area (Å²) < 4.78 is 2.44. The van der Waals surface area contributed by atoms with Crippen molar-refractivity contribution in [1.82, 2.24) is 4.98 Å². The zero-order valence-corrected chi connectivity index (χ0v) is 11.9. The van der Waals surface area contributed by atoms with Crippen LogP contribution >= 0.6 is 27.3 Å². The van der Waals surface area contributed by atoms with Crippen LogP contribution in [-0.4, -0.2) is 11.5 Å². The number of aryl methyl sites for hydroxylation is 2. The van der Waals surface area contributed by atoms with Crippen molar-refractivity contribution in [2.75, 3.05) is 6.54 Å². The van der Waals surface area contributed by atoms with Gasteiger partial charge in [-0.2, -0.15) is 0 Å². The van der Waals surface area contributed by atoms with Gasteiger partial charge in [-0.15, -0.1) is 11.3 Å². The van der Waals surface area contributed by atoms with Crippen molar-refractivity contribution < 1.29 is 0 Å². The van der Waals surface area contributed by atoms with E-state index in [1.807, 2.05) is 0 Å². The molecule has 16 heavy (non-hydrogen) atoms. The van der Waals surface area contributed by atoms with Gasteiger partial charge < -0.3 is 5.73 Å². The maximum Gasteiger partial charge on any atom is 0.0939 e. The molecule has 2 N–H and O–H groups in total. The molecule has 0 aliphatic carbocycles. The van der Waals surface area contributed by atoms with E-state index in [1.165, 1.54) is 25.3 Å². The minimum absolute atomic E-state index is 0.734. The standard InChI is InChI=1S/C12H15BrN2S/c1-7-8(2)12-10(6-9(7)13)16-11(15-12)4-3-5-14/h6H,3-5,14H2,1-2H3. The van der Waals surface area contributed by atoms with Gasteiger partial charge in [0.05, 0.1) is 15.2 Å². The first kappa shape index (κ1) is 12.0. The number of benzene rings is 1. The lowest BCUT2D eigenvalue weighted by Crippen LogP contribution is -1.99. The monoisotopic (exact) mass is 298 g/mol. The van der Waals surface area contributed by atoms with Gasteiger partial charge in [0.25, 0.3) is 0 Å². The van der Waals surface area contributed by atoms with Crippen LogP contribution in [0.15, 0.2) is 10.5 Å². The van der Waals surface area contributed by atoms with Crippen LogP contribution in [0.1, 0.15) is 22.6 Å². The van der Waals surface area contributed by atoms with Crippen molar-refractivity contribution in [3.63, 3.8) is 0 Å². The summed E-state index contributed by atoms with van der Waals surface area (Å²) >= 11 is 5.37. The summed E-state index contributed by atoms with van der Waals surface area (Å²) in [5, 5.41) is 1.20. The molecule has 86 valence electrons. The molecule has 0 fully saturated rings. The van der Waals surface area contributed by atoms with E-state index in [4.69, 9.17) is 10.7 Å². The molecule has 2 aromatic rings. The number of hydrogen-bond acceptors (Lipinski definition) is 3. The Kier molecular flexibility index (Phi) is 3.62. The average Bonchev–Trinajstić information content (AvgIpc) is 2.66. The summed E-state index contributed by atoms with van der Waals surface area (Å²) in [7, 11) is 0. The van der Waals surface area contributed by atoms with Gasteiger partial charge in [0, 0.05) is 10.9 Å². The number of thiazole rings is 1. The number of hydrogen-bond donors (Lipinski definition) is 1. The summed E-state index contributed by atoms with van der Waals surface area (Å²) in [5.41, 5.74) is 9.23. The summed E-state index contributed by atoms with van der Waals surface area (Å²) in [6.07, 6.45) is 2.00. The van der Waals surface area contributed by atoms with Crippen molar-refractivity contribution in [3.8, 4) is 0 Å². The average molecular weight is 299 g/mol. The van der Waals surface area contributed by atoms with Crippen molar-refractivity contribution in [1.29, 1.82) is 0 Å². The normalized spacial score (nSPS) is 11.2. The van der Waals surface area contributed by atoms with Gasteiger partial charge in [0.1, 0.15) is 0 Å². The SMILES string of the molecule is Cc1c(Br)cc2sc(CCCN)nc2c1C. The number of aromatic nitrogens is 1. The van der Waals surface area contributed by atoms with Crippen molar-refractivity contribution >= 4 is 37.5 Å². The quantitative estimate of drug-likeness (QED) is 0.941. The van der Waals surface area contributed by atoms with E-state index in [2.05, 4.69) is 35.8 Å². The highest BCUT2D eigenvalue weighted by atomic mass is 79.9. The second-order valence-electron chi connectivity index (χ2n) is 3.95. The van der Waals surface area contributed by atoms with Crippen LogP contribution in [-0.2, 0) is 6.42 Å². The van der Waals surface area contributed by atoms with Crippen molar-refractivity contribution in [2.45, 2.75) is 26.7 Å². The predicted octanol–water partition coefficient (Wildman–Crippen LogP) is 3.57. The second kappa shape index (κ2) is 4.82. The molecule has 0 amide bonds. The molecule has 0 radical (unpaired) electrons. The van der Waals surface area contributed by atoms with Crippen LogP contribution < -0.4 is 5.73 Å². The van der Waals surface area contributed by atoms with Crippen LogP contribution in [0.5, 0.6) is 0 Å². The van der Waals surface area contributed by atoms with Gasteiger partial charge in [0.2, 0.25) is 0 Å². The van der Waals surface area contributed by atoms with Crippen LogP contribution in [0.2, 0.25) is 0 Å². The van der Waals surface area contributed by atoms with Crippen molar-refractivity contribution in [2.24, 2.45) is 5.73 Å². The number of nitrogens with two attached hydrogens (primary N) is 1. The molecule has 0 saturated carbocycles. The highest BCUT2D eigenvalue weighted by Gasteiger charge is 2.10. The molecule has 2 nitrogen and oxygen atoms in total. The Labute approximate surface area is 108 Å². The summed E-state index contributed by atoms with van der Waals surface area (Å²) in [6, 6.07) is 2.17. The van der Waals surface area contributed by atoms with Gasteiger partial charge in [0.15, 0.2) is 0 Å². The fraction of sp³-hybridized carbons (Fsp3) is 0.417. The third-order valence-electron chi connectivity index (χ3n) is 2.83. The maximum atomic E-state index is 5.52. The predicted molar refractivity (Wildman–Crippen MR) is 74.2 cm³/mol. The van der Waals surface area contributed by atoms with Gasteiger partial charge in [-0.1, -0.05) is 15.9 Å². The number of nitrogens with zero attached hydrogens (tertiary/aromatic N) is 1. The van der Waals surface area contributed by atoms with E-state index in [0.29, 0.717) is 0 Å². The molecule has 1 aromatic heterocycles. The molecular weight excluding hydrogens is 284 g/mol. The molecule has 0 saturated heterocycles. The summed E-state index contributed by atoms with van der Waals surface area (Å²) in [5.74, 6) is 0. The lowest BCUT2D eigenvalue weighted by molar-refractivity contribution is 0.828. The minimum atomic E-state index is 0.734. The summed E-state index contributed by atoms with van der Waals surface area (Å²) in [4.78, 5) is 4.69. The number of rotatable bonds is 3. The zero-order valence-electron chi connectivity index (χ0n) is 9.51. The van der Waals surface area contributed by atoms with E-state index in [-0.39, 0.29) is 0 Å². The Balaban J connectivity index is 2.49. The molecule has 0 bridgehead atoms. The topological polar surface area (TPSA) is 38.9 Å². The van der Waals surface area contributed by atoms with E-state index in [9.17, 15) is 0 Å². The van der Waals surface area contributed by atoms with E-state index in [0.717, 1.165) is 24.9 Å². The Morgan fingerprint density at radius 1 is 1.38 bits per heavy atom. The first-order valence-corrected chi connectivity index (χ1v) is 6.99. The molecular formula is C12H15BrN2S. The van der Waals surface area contributed by atoms with Gasteiger partial charge in [-0.25, -0.2) is 4.98 Å². The van der Waals surface area contributed by atoms with Gasteiger partial charge in [-0.3, -0.25) is 0 Å². The number of fused-ring (bicyclic) bond motifs is 1. The lowest BCUT2D eigenvalue weighted by Gasteiger charge is -2.02. The lowest BCUT2D eigenvalue weighted by atomic mass is 10.1. The van der Waals surface area contributed by atoms with Gasteiger partial charge >= 0.3 is 0 Å². The highest BCUT2D eigenvalue weighted by Crippen LogP contribution is 2.32. The second-order valence-corrected chi connectivity index (χ2v) is 5.92. The third-order valence-corrected chi connectivity index (χ3v) is 4.71. The van der Waals surface area contributed by atoms with E-state index < -0.39 is 0 Å². The molecule has 0 spiro atoms. The van der Waals surface area contributed by atoms with Crippen molar-refractivity contribution in [3.05, 3.63) is 26.7 Å². The highest BCUT2D eigenvalue weighted by molar-refractivity contribution is 9.10. The van der Waals surface area contributed by atoms with Crippen LogP contribution in [0, 0.1) is 13.8 Å². The third kappa shape index (κ3) is 2.14. The fourth-order valence-corrected chi connectivity index (χ4v) is 3.47. The molecule has 0 unspecified atom stereocenters. The molecule has 0 atom stereocenters. The largest absolute Gasteiger partial charge is 0.330 e. The molecule has 0 aliphatic rings. The molecule has 2 rings (SSSR count). The minimum Gasteiger partial charge on any atom is -0.330 e. The first-order chi connectivity index (χ1) is 7.63. The molecule has 4 heteroatoms. The Hall–Kier alpha value is -0.450. The Morgan fingerprint density at radius 3 is 2.81 bits per heavy atom. The zero-order chi connectivity index (χ0) is 11.7. The molecule has 0 aliphatic heterocycles. The van der Waals surface area contributed by atoms with Crippen LogP contribution in [0.3, 0.4) is 0 Å². The summed E-state index contributed by atoms with van der Waals surface area (Å²) in [6.45, 7) is 4.99. The fourth-order valence-electron chi connectivity index (χ4n) is 1.68. The Morgan fingerprint density at radius 2 is 2.12 bits per heavy atom. The number of halogens is 1. The molecule has 1 aromatic carbocycles. The van der Waals surface area contributed by atoms with Gasteiger partial charge in [-0.05, 0) is 44.0 Å². The van der Waals surface area contributed by atoms with Crippen LogP contribution in [0.4, 0.5) is 0 Å². The Bertz CT molecular complexity index is 519. The maximum absolute atomic E-state index is 5.52. The van der Waals surface area contributed by atoms with E-state index in [1.54, 1.807) is 11.3 Å². The molecule has 1 heterocycles. The van der Waals surface area contributed by atoms with Crippen LogP contribution in [0.25, 0.3) is 10.2 Å². The first-order valence-electron chi connectivity index (χ1n) is 5.38. The van der Waals surface area contributed by atoms with E-state index >= 15 is 0 Å². The smallest absolute Gasteiger partial charge is 0.0939 e.